The smallest absolute Gasteiger partial charge is 0.450 e. The summed E-state index contributed by atoms with van der Waals surface area (Å²) in [5.41, 5.74) is -0.901. The second-order valence-electron chi connectivity index (χ2n) is 4.39. The molecule has 18 heavy (non-hydrogen) atoms. The molecule has 1 fully saturated rings. The highest BCUT2D eigenvalue weighted by Crippen LogP contribution is 2.26. The van der Waals surface area contributed by atoms with Gasteiger partial charge in [0.2, 0.25) is 5.91 Å². The van der Waals surface area contributed by atoms with Crippen LogP contribution in [0.1, 0.15) is 33.6 Å². The van der Waals surface area contributed by atoms with E-state index in [1.54, 1.807) is 0 Å². The standard InChI is InChI=1S/C10H17NO3.CH2O3/c1-4-10(14-6-7(2)3)5-8(12)11-9(10)13;2-1(3)4/h7H,4-6H2,1-3H3,(H,11,12,13);(H2,2,3,4). The van der Waals surface area contributed by atoms with E-state index in [1.165, 1.54) is 0 Å². The number of rotatable bonds is 4. The van der Waals surface area contributed by atoms with Crippen LogP contribution in [0.2, 0.25) is 0 Å². The minimum Gasteiger partial charge on any atom is -0.450 e. The normalized spacial score (nSPS) is 22.4. The molecule has 1 saturated heterocycles. The maximum atomic E-state index is 11.5. The van der Waals surface area contributed by atoms with Crippen LogP contribution in [0.3, 0.4) is 0 Å². The number of ether oxygens (including phenoxy) is 1. The Bertz CT molecular complexity index is 323. The molecule has 1 heterocycles. The molecule has 1 rings (SSSR count). The van der Waals surface area contributed by atoms with Crippen molar-refractivity contribution in [2.75, 3.05) is 6.61 Å². The van der Waals surface area contributed by atoms with Gasteiger partial charge in [-0.2, -0.15) is 0 Å². The first-order valence-corrected chi connectivity index (χ1v) is 5.63. The summed E-state index contributed by atoms with van der Waals surface area (Å²) in [5, 5.41) is 16.2. The summed E-state index contributed by atoms with van der Waals surface area (Å²) in [6.45, 7) is 6.39. The Kier molecular flexibility index (Phi) is 6.32. The number of carbonyl (C=O) groups is 3. The van der Waals surface area contributed by atoms with Crippen molar-refractivity contribution in [2.24, 2.45) is 5.92 Å². The molecule has 7 heteroatoms. The zero-order chi connectivity index (χ0) is 14.3. The average Bonchev–Trinajstić information content (AvgIpc) is 2.50. The lowest BCUT2D eigenvalue weighted by atomic mass is 9.98. The van der Waals surface area contributed by atoms with Crippen LogP contribution >= 0.6 is 0 Å². The van der Waals surface area contributed by atoms with Crippen LogP contribution < -0.4 is 5.32 Å². The summed E-state index contributed by atoms with van der Waals surface area (Å²) >= 11 is 0. The third kappa shape index (κ3) is 5.13. The van der Waals surface area contributed by atoms with Crippen molar-refractivity contribution in [2.45, 2.75) is 39.2 Å². The van der Waals surface area contributed by atoms with Crippen LogP contribution in [0.15, 0.2) is 0 Å². The van der Waals surface area contributed by atoms with Gasteiger partial charge in [-0.1, -0.05) is 20.8 Å². The van der Waals surface area contributed by atoms with Gasteiger partial charge in [0.1, 0.15) is 0 Å². The van der Waals surface area contributed by atoms with Crippen LogP contribution in [0.25, 0.3) is 0 Å². The van der Waals surface area contributed by atoms with Gasteiger partial charge in [0.05, 0.1) is 13.0 Å². The second-order valence-corrected chi connectivity index (χ2v) is 4.39. The number of hydrogen-bond donors (Lipinski definition) is 3. The van der Waals surface area contributed by atoms with E-state index in [0.717, 1.165) is 0 Å². The molecule has 1 aliphatic rings. The van der Waals surface area contributed by atoms with E-state index in [9.17, 15) is 9.59 Å². The fourth-order valence-corrected chi connectivity index (χ4v) is 1.45. The van der Waals surface area contributed by atoms with E-state index in [0.29, 0.717) is 18.9 Å². The molecule has 1 atom stereocenters. The Hall–Kier alpha value is -1.63. The lowest BCUT2D eigenvalue weighted by molar-refractivity contribution is -0.143. The first-order chi connectivity index (χ1) is 8.23. The molecule has 0 spiro atoms. The van der Waals surface area contributed by atoms with Crippen molar-refractivity contribution >= 4 is 18.0 Å². The van der Waals surface area contributed by atoms with Crippen molar-refractivity contribution in [3.8, 4) is 0 Å². The van der Waals surface area contributed by atoms with Gasteiger partial charge in [0, 0.05) is 0 Å². The highest BCUT2D eigenvalue weighted by atomic mass is 16.6. The first kappa shape index (κ1) is 16.4. The maximum absolute atomic E-state index is 11.5. The fraction of sp³-hybridized carbons (Fsp3) is 0.727. The lowest BCUT2D eigenvalue weighted by Crippen LogP contribution is -2.41. The number of carboxylic acid groups (broad SMARTS) is 2. The average molecular weight is 261 g/mol. The van der Waals surface area contributed by atoms with Gasteiger partial charge in [0.25, 0.3) is 5.91 Å². The van der Waals surface area contributed by atoms with E-state index in [4.69, 9.17) is 19.7 Å². The zero-order valence-electron chi connectivity index (χ0n) is 10.7. The first-order valence-electron chi connectivity index (χ1n) is 5.63. The van der Waals surface area contributed by atoms with E-state index in [-0.39, 0.29) is 18.2 Å². The van der Waals surface area contributed by atoms with Gasteiger partial charge >= 0.3 is 6.16 Å². The second kappa shape index (κ2) is 6.95. The van der Waals surface area contributed by atoms with Crippen molar-refractivity contribution in [1.82, 2.24) is 5.32 Å². The van der Waals surface area contributed by atoms with E-state index < -0.39 is 11.8 Å². The van der Waals surface area contributed by atoms with Crippen molar-refractivity contribution < 1.29 is 29.3 Å². The molecule has 0 aliphatic carbocycles. The molecule has 3 N–H and O–H groups in total. The number of nitrogens with one attached hydrogen (secondary N) is 1. The molecule has 1 unspecified atom stereocenters. The molecule has 104 valence electrons. The van der Waals surface area contributed by atoms with Gasteiger partial charge in [-0.3, -0.25) is 14.9 Å². The van der Waals surface area contributed by atoms with Gasteiger partial charge in [-0.15, -0.1) is 0 Å². The molecule has 1 aliphatic heterocycles. The zero-order valence-corrected chi connectivity index (χ0v) is 10.7. The highest BCUT2D eigenvalue weighted by Gasteiger charge is 2.46. The van der Waals surface area contributed by atoms with Crippen LogP contribution in [0.5, 0.6) is 0 Å². The summed E-state index contributed by atoms with van der Waals surface area (Å²) in [4.78, 5) is 31.1. The fourth-order valence-electron chi connectivity index (χ4n) is 1.45. The summed E-state index contributed by atoms with van der Waals surface area (Å²) in [6.07, 6.45) is -1.13. The van der Waals surface area contributed by atoms with Crippen LogP contribution in [-0.4, -0.2) is 40.4 Å². The van der Waals surface area contributed by atoms with Crippen molar-refractivity contribution in [1.29, 1.82) is 0 Å². The number of imide groups is 1. The van der Waals surface area contributed by atoms with Crippen LogP contribution in [0, 0.1) is 5.92 Å². The summed E-state index contributed by atoms with van der Waals surface area (Å²) < 4.78 is 5.55. The minimum atomic E-state index is -1.83. The van der Waals surface area contributed by atoms with Gasteiger partial charge < -0.3 is 14.9 Å². The predicted octanol–water partition coefficient (Wildman–Crippen LogP) is 1.08. The third-order valence-electron chi connectivity index (χ3n) is 2.38. The third-order valence-corrected chi connectivity index (χ3v) is 2.38. The lowest BCUT2D eigenvalue weighted by Gasteiger charge is -2.25. The summed E-state index contributed by atoms with van der Waals surface area (Å²) in [6, 6.07) is 0. The molecule has 0 saturated carbocycles. The monoisotopic (exact) mass is 261 g/mol. The number of hydrogen-bond acceptors (Lipinski definition) is 4. The Labute approximate surface area is 105 Å². The predicted molar refractivity (Wildman–Crippen MR) is 62.2 cm³/mol. The Balaban J connectivity index is 0.000000631. The highest BCUT2D eigenvalue weighted by molar-refractivity contribution is 6.07. The van der Waals surface area contributed by atoms with E-state index in [1.807, 2.05) is 20.8 Å². The molecular weight excluding hydrogens is 242 g/mol. The van der Waals surface area contributed by atoms with Crippen molar-refractivity contribution in [3.05, 3.63) is 0 Å². The topological polar surface area (TPSA) is 113 Å². The Morgan fingerprint density at radius 1 is 1.44 bits per heavy atom. The Morgan fingerprint density at radius 2 is 1.94 bits per heavy atom. The van der Waals surface area contributed by atoms with Gasteiger partial charge in [0.15, 0.2) is 5.60 Å². The number of amides is 2. The van der Waals surface area contributed by atoms with Crippen molar-refractivity contribution in [3.63, 3.8) is 0 Å². The quantitative estimate of drug-likeness (QED) is 0.652. The maximum Gasteiger partial charge on any atom is 0.503 e. The van der Waals surface area contributed by atoms with Crippen LogP contribution in [0.4, 0.5) is 4.79 Å². The summed E-state index contributed by atoms with van der Waals surface area (Å²) in [7, 11) is 0. The molecule has 2 amide bonds. The molecule has 0 radical (unpaired) electrons. The van der Waals surface area contributed by atoms with Gasteiger partial charge in [-0.25, -0.2) is 4.79 Å². The molecule has 0 aromatic carbocycles. The number of carbonyl (C=O) groups excluding carboxylic acids is 2. The molecule has 7 nitrogen and oxygen atoms in total. The van der Waals surface area contributed by atoms with Gasteiger partial charge in [-0.05, 0) is 12.3 Å². The SMILES string of the molecule is CCC1(OCC(C)C)CC(=O)NC1=O.O=C(O)O. The Morgan fingerprint density at radius 3 is 2.22 bits per heavy atom. The molecule has 0 aromatic rings. The van der Waals surface area contributed by atoms with Crippen LogP contribution in [-0.2, 0) is 14.3 Å². The van der Waals surface area contributed by atoms with E-state index in [2.05, 4.69) is 5.32 Å². The molecule has 0 aromatic heterocycles. The summed E-state index contributed by atoms with van der Waals surface area (Å²) in [5.74, 6) is -0.159. The van der Waals surface area contributed by atoms with E-state index >= 15 is 0 Å². The minimum absolute atomic E-state index is 0.162. The molecular formula is C11H19NO6. The largest absolute Gasteiger partial charge is 0.503 e. The molecule has 0 bridgehead atoms.